The van der Waals surface area contributed by atoms with Crippen LogP contribution in [-0.2, 0) is 0 Å². The molecule has 0 rings (SSSR count). The van der Waals surface area contributed by atoms with Crippen molar-refractivity contribution in [2.24, 2.45) is 0 Å². The second-order valence-corrected chi connectivity index (χ2v) is 24.4. The standard InChI is InChI=1S/C20H43ClSi.C3H9ClSi/c1-4-5-6-7-8-9-10-11-12-13-14-15-16-17-18-19-20-22(2,3)21;1-5(2,3)4/h4-20H2,1-3H3;1-3H3. The molecule has 0 nitrogen and oxygen atoms in total. The number of rotatable bonds is 17. The molecular formula is C23H52Cl2Si2. The third-order valence-corrected chi connectivity index (χ3v) is 6.73. The van der Waals surface area contributed by atoms with Crippen molar-refractivity contribution < 1.29 is 0 Å². The van der Waals surface area contributed by atoms with E-state index in [2.05, 4.69) is 39.7 Å². The van der Waals surface area contributed by atoms with Crippen LogP contribution < -0.4 is 0 Å². The molecule has 0 aromatic heterocycles. The minimum atomic E-state index is -1.29. The summed E-state index contributed by atoms with van der Waals surface area (Å²) >= 11 is 12.0. The Balaban J connectivity index is 0. The molecule has 0 heterocycles. The summed E-state index contributed by atoms with van der Waals surface area (Å²) in [5.41, 5.74) is 0. The van der Waals surface area contributed by atoms with Crippen LogP contribution in [0.5, 0.6) is 0 Å². The van der Waals surface area contributed by atoms with Gasteiger partial charge in [0.25, 0.3) is 0 Å². The molecule has 0 aromatic rings. The van der Waals surface area contributed by atoms with Gasteiger partial charge in [0.2, 0.25) is 0 Å². The van der Waals surface area contributed by atoms with Crippen molar-refractivity contribution in [3.63, 3.8) is 0 Å². The molecule has 0 radical (unpaired) electrons. The van der Waals surface area contributed by atoms with E-state index in [-0.39, 0.29) is 0 Å². The molecule has 27 heavy (non-hydrogen) atoms. The summed E-state index contributed by atoms with van der Waals surface area (Å²) in [5, 5.41) is 0. The summed E-state index contributed by atoms with van der Waals surface area (Å²) in [4.78, 5) is 0. The van der Waals surface area contributed by atoms with Gasteiger partial charge in [0.15, 0.2) is 0 Å². The maximum absolute atomic E-state index is 6.34. The van der Waals surface area contributed by atoms with Crippen LogP contribution in [0.1, 0.15) is 110 Å². The SMILES string of the molecule is CCCCCCCCCCCCCCCCCC[Si](C)(C)Cl.C[Si](C)(C)Cl. The molecule has 0 aliphatic rings. The lowest BCUT2D eigenvalue weighted by Gasteiger charge is -2.11. The minimum Gasteiger partial charge on any atom is -0.168 e. The number of hydrogen-bond acceptors (Lipinski definition) is 0. The van der Waals surface area contributed by atoms with Crippen LogP contribution in [0.2, 0.25) is 38.8 Å². The van der Waals surface area contributed by atoms with Gasteiger partial charge in [-0.1, -0.05) is 142 Å². The van der Waals surface area contributed by atoms with E-state index < -0.39 is 14.8 Å². The van der Waals surface area contributed by atoms with Crippen molar-refractivity contribution >= 4 is 36.9 Å². The first-order chi connectivity index (χ1) is 12.6. The first kappa shape index (κ1) is 30.2. The van der Waals surface area contributed by atoms with Crippen molar-refractivity contribution in [2.45, 2.75) is 148 Å². The largest absolute Gasteiger partial charge is 0.168 e. The number of halogens is 2. The predicted molar refractivity (Wildman–Crippen MR) is 137 cm³/mol. The summed E-state index contributed by atoms with van der Waals surface area (Å²) in [5.74, 6) is 0. The van der Waals surface area contributed by atoms with E-state index in [1.165, 1.54) is 109 Å². The van der Waals surface area contributed by atoms with E-state index in [1.54, 1.807) is 0 Å². The molecule has 0 amide bonds. The predicted octanol–water partition coefficient (Wildman–Crippen LogP) is 10.8. The minimum absolute atomic E-state index is 1.14. The molecule has 4 heteroatoms. The van der Waals surface area contributed by atoms with E-state index in [0.717, 1.165) is 0 Å². The number of hydrogen-bond donors (Lipinski definition) is 0. The molecule has 0 spiro atoms. The van der Waals surface area contributed by atoms with Gasteiger partial charge >= 0.3 is 0 Å². The lowest BCUT2D eigenvalue weighted by molar-refractivity contribution is 0.531. The van der Waals surface area contributed by atoms with Crippen molar-refractivity contribution in [3.8, 4) is 0 Å². The Morgan fingerprint density at radius 1 is 0.444 bits per heavy atom. The van der Waals surface area contributed by atoms with E-state index in [1.807, 2.05) is 0 Å². The van der Waals surface area contributed by atoms with Gasteiger partial charge < -0.3 is 0 Å². The Hall–Kier alpha value is 1.01. The molecule has 0 saturated carbocycles. The fourth-order valence-corrected chi connectivity index (χ4v) is 4.59. The van der Waals surface area contributed by atoms with E-state index in [9.17, 15) is 0 Å². The Labute approximate surface area is 185 Å². The van der Waals surface area contributed by atoms with Gasteiger partial charge in [-0.3, -0.25) is 0 Å². The van der Waals surface area contributed by atoms with Gasteiger partial charge in [-0.2, -0.15) is 22.2 Å². The third kappa shape index (κ3) is 42.2. The summed E-state index contributed by atoms with van der Waals surface area (Å²) in [7, 11) is -2.43. The zero-order valence-electron chi connectivity index (χ0n) is 19.8. The normalized spacial score (nSPS) is 12.0. The van der Waals surface area contributed by atoms with E-state index >= 15 is 0 Å². The molecule has 0 unspecified atom stereocenters. The van der Waals surface area contributed by atoms with Crippen LogP contribution >= 0.6 is 22.2 Å². The lowest BCUT2D eigenvalue weighted by Crippen LogP contribution is -2.14. The van der Waals surface area contributed by atoms with Gasteiger partial charge in [-0.05, 0) is 6.04 Å². The van der Waals surface area contributed by atoms with Crippen LogP contribution in [0.4, 0.5) is 0 Å². The topological polar surface area (TPSA) is 0 Å². The van der Waals surface area contributed by atoms with Crippen molar-refractivity contribution in [1.82, 2.24) is 0 Å². The Morgan fingerprint density at radius 3 is 0.889 bits per heavy atom. The number of unbranched alkanes of at least 4 members (excludes halogenated alkanes) is 15. The van der Waals surface area contributed by atoms with Crippen LogP contribution in [0.25, 0.3) is 0 Å². The smallest absolute Gasteiger partial charge is 0.150 e. The third-order valence-electron chi connectivity index (χ3n) is 4.62. The highest BCUT2D eigenvalue weighted by Gasteiger charge is 2.15. The van der Waals surface area contributed by atoms with Crippen molar-refractivity contribution in [2.75, 3.05) is 0 Å². The molecule has 0 aliphatic heterocycles. The van der Waals surface area contributed by atoms with E-state index in [0.29, 0.717) is 0 Å². The molecule has 0 saturated heterocycles. The highest BCUT2D eigenvalue weighted by molar-refractivity contribution is 7.19. The fraction of sp³-hybridized carbons (Fsp3) is 1.00. The summed E-state index contributed by atoms with van der Waals surface area (Å²) in [6.07, 6.45) is 23.1. The lowest BCUT2D eigenvalue weighted by atomic mass is 10.0. The Morgan fingerprint density at radius 2 is 0.667 bits per heavy atom. The highest BCUT2D eigenvalue weighted by Crippen LogP contribution is 2.19. The monoisotopic (exact) mass is 454 g/mol. The van der Waals surface area contributed by atoms with Gasteiger partial charge in [0.05, 0.1) is 0 Å². The van der Waals surface area contributed by atoms with Gasteiger partial charge in [-0.25, -0.2) is 0 Å². The zero-order chi connectivity index (χ0) is 21.0. The first-order valence-electron chi connectivity index (χ1n) is 11.9. The van der Waals surface area contributed by atoms with Gasteiger partial charge in [-0.15, -0.1) is 0 Å². The molecule has 0 aromatic carbocycles. The second-order valence-electron chi connectivity index (χ2n) is 9.84. The molecule has 0 bridgehead atoms. The van der Waals surface area contributed by atoms with Gasteiger partial charge in [0.1, 0.15) is 14.8 Å². The second kappa shape index (κ2) is 20.3. The molecule has 0 fully saturated rings. The molecule has 0 N–H and O–H groups in total. The van der Waals surface area contributed by atoms with Crippen LogP contribution in [0.3, 0.4) is 0 Å². The average molecular weight is 456 g/mol. The van der Waals surface area contributed by atoms with Crippen LogP contribution in [-0.4, -0.2) is 14.8 Å². The molecular weight excluding hydrogens is 403 g/mol. The maximum atomic E-state index is 6.34. The maximum Gasteiger partial charge on any atom is 0.150 e. The summed E-state index contributed by atoms with van der Waals surface area (Å²) < 4.78 is 0. The van der Waals surface area contributed by atoms with Crippen LogP contribution in [0, 0.1) is 0 Å². The van der Waals surface area contributed by atoms with E-state index in [4.69, 9.17) is 22.2 Å². The molecule has 166 valence electrons. The average Bonchev–Trinajstić information content (AvgIpc) is 2.52. The summed E-state index contributed by atoms with van der Waals surface area (Å²) in [6.45, 7) is 13.1. The highest BCUT2D eigenvalue weighted by atomic mass is 35.6. The molecule has 0 atom stereocenters. The first-order valence-corrected chi connectivity index (χ1v) is 20.7. The molecule has 0 aliphatic carbocycles. The van der Waals surface area contributed by atoms with Gasteiger partial charge in [0, 0.05) is 0 Å². The van der Waals surface area contributed by atoms with Crippen molar-refractivity contribution in [1.29, 1.82) is 0 Å². The zero-order valence-corrected chi connectivity index (χ0v) is 23.3. The Kier molecular flexibility index (Phi) is 22.7. The van der Waals surface area contributed by atoms with Crippen LogP contribution in [0.15, 0.2) is 0 Å². The fourth-order valence-electron chi connectivity index (χ4n) is 3.09. The Bertz CT molecular complexity index is 277. The van der Waals surface area contributed by atoms with Crippen molar-refractivity contribution in [3.05, 3.63) is 0 Å². The summed E-state index contributed by atoms with van der Waals surface area (Å²) in [6, 6.07) is 1.30. The quantitative estimate of drug-likeness (QED) is 0.116.